The van der Waals surface area contributed by atoms with E-state index >= 15 is 0 Å². The number of hydrogen-bond donors (Lipinski definition) is 3. The van der Waals surface area contributed by atoms with Crippen LogP contribution in [0.2, 0.25) is 0 Å². The van der Waals surface area contributed by atoms with Crippen LogP contribution in [0.3, 0.4) is 0 Å². The topological polar surface area (TPSA) is 56.7 Å². The summed E-state index contributed by atoms with van der Waals surface area (Å²) in [6, 6.07) is 10.6. The Labute approximate surface area is 114 Å². The number of hydrogen-bond acceptors (Lipinski definition) is 2. The van der Waals surface area contributed by atoms with Crippen molar-refractivity contribution in [3.05, 3.63) is 35.9 Å². The molecule has 1 saturated carbocycles. The van der Waals surface area contributed by atoms with E-state index in [9.17, 15) is 5.11 Å². The molecule has 4 heteroatoms. The summed E-state index contributed by atoms with van der Waals surface area (Å²) >= 11 is 0. The van der Waals surface area contributed by atoms with Crippen LogP contribution in [0.5, 0.6) is 0 Å². The average molecular weight is 261 g/mol. The molecule has 1 aliphatic carbocycles. The lowest BCUT2D eigenvalue weighted by Crippen LogP contribution is -2.39. The van der Waals surface area contributed by atoms with Crippen molar-refractivity contribution in [2.45, 2.75) is 38.3 Å². The minimum Gasteiger partial charge on any atom is -0.391 e. The summed E-state index contributed by atoms with van der Waals surface area (Å²) in [4.78, 5) is 4.43. The van der Waals surface area contributed by atoms with Gasteiger partial charge in [-0.3, -0.25) is 4.99 Å². The standard InChI is InChI=1S/C15H23N3O/c1-2-16-15(18-13-8-9-13)17-11-14(19)10-12-6-4-3-5-7-12/h3-7,13-14,19H,2,8-11H2,1H3,(H2,16,17,18). The van der Waals surface area contributed by atoms with Gasteiger partial charge in [-0.2, -0.15) is 0 Å². The third kappa shape index (κ3) is 5.30. The maximum absolute atomic E-state index is 10.0. The van der Waals surface area contributed by atoms with Gasteiger partial charge in [0.15, 0.2) is 5.96 Å². The lowest BCUT2D eigenvalue weighted by Gasteiger charge is -2.12. The van der Waals surface area contributed by atoms with Gasteiger partial charge in [-0.25, -0.2) is 0 Å². The zero-order valence-corrected chi connectivity index (χ0v) is 11.5. The van der Waals surface area contributed by atoms with Gasteiger partial charge in [-0.1, -0.05) is 30.3 Å². The van der Waals surface area contributed by atoms with Gasteiger partial charge in [-0.15, -0.1) is 0 Å². The van der Waals surface area contributed by atoms with Crippen LogP contribution in [-0.4, -0.2) is 36.3 Å². The Morgan fingerprint density at radius 2 is 2.11 bits per heavy atom. The Hall–Kier alpha value is -1.55. The van der Waals surface area contributed by atoms with Crippen molar-refractivity contribution in [2.75, 3.05) is 13.1 Å². The highest BCUT2D eigenvalue weighted by Crippen LogP contribution is 2.18. The van der Waals surface area contributed by atoms with Crippen LogP contribution >= 0.6 is 0 Å². The van der Waals surface area contributed by atoms with Gasteiger partial charge in [0.1, 0.15) is 0 Å². The summed E-state index contributed by atoms with van der Waals surface area (Å²) in [6.07, 6.45) is 2.65. The molecule has 1 aromatic carbocycles. The molecule has 104 valence electrons. The molecule has 1 unspecified atom stereocenters. The van der Waals surface area contributed by atoms with Crippen molar-refractivity contribution in [3.8, 4) is 0 Å². The fourth-order valence-electron chi connectivity index (χ4n) is 1.89. The number of aliphatic imine (C=N–C) groups is 1. The van der Waals surface area contributed by atoms with Crippen molar-refractivity contribution in [1.29, 1.82) is 0 Å². The molecule has 1 atom stereocenters. The Balaban J connectivity index is 1.80. The highest BCUT2D eigenvalue weighted by molar-refractivity contribution is 5.80. The van der Waals surface area contributed by atoms with Gasteiger partial charge in [-0.05, 0) is 25.3 Å². The minimum atomic E-state index is -0.433. The molecule has 0 amide bonds. The van der Waals surface area contributed by atoms with Crippen LogP contribution in [0, 0.1) is 0 Å². The van der Waals surface area contributed by atoms with Gasteiger partial charge in [0.2, 0.25) is 0 Å². The number of nitrogens with zero attached hydrogens (tertiary/aromatic N) is 1. The van der Waals surface area contributed by atoms with Crippen LogP contribution in [-0.2, 0) is 6.42 Å². The number of aliphatic hydroxyl groups is 1. The maximum atomic E-state index is 10.0. The van der Waals surface area contributed by atoms with Gasteiger partial charge in [0, 0.05) is 19.0 Å². The molecular formula is C15H23N3O. The Morgan fingerprint density at radius 3 is 2.74 bits per heavy atom. The lowest BCUT2D eigenvalue weighted by atomic mass is 10.1. The molecule has 4 nitrogen and oxygen atoms in total. The Bertz CT molecular complexity index is 401. The normalized spacial score (nSPS) is 17.1. The maximum Gasteiger partial charge on any atom is 0.191 e. The second-order valence-corrected chi connectivity index (χ2v) is 4.98. The third-order valence-corrected chi connectivity index (χ3v) is 3.04. The molecule has 1 aromatic rings. The molecule has 1 aliphatic rings. The van der Waals surface area contributed by atoms with Crippen LogP contribution in [0.1, 0.15) is 25.3 Å². The lowest BCUT2D eigenvalue weighted by molar-refractivity contribution is 0.183. The van der Waals surface area contributed by atoms with E-state index in [2.05, 4.69) is 15.6 Å². The molecule has 3 N–H and O–H groups in total. The van der Waals surface area contributed by atoms with Gasteiger partial charge < -0.3 is 15.7 Å². The Morgan fingerprint density at radius 1 is 1.37 bits per heavy atom. The zero-order chi connectivity index (χ0) is 13.5. The average Bonchev–Trinajstić information content (AvgIpc) is 3.21. The molecule has 0 aliphatic heterocycles. The summed E-state index contributed by atoms with van der Waals surface area (Å²) in [5, 5.41) is 16.5. The highest BCUT2D eigenvalue weighted by atomic mass is 16.3. The first-order chi connectivity index (χ1) is 9.28. The number of rotatable bonds is 6. The van der Waals surface area contributed by atoms with E-state index < -0.39 is 6.10 Å². The van der Waals surface area contributed by atoms with E-state index in [-0.39, 0.29) is 0 Å². The van der Waals surface area contributed by atoms with Crippen molar-refractivity contribution in [2.24, 2.45) is 4.99 Å². The quantitative estimate of drug-likeness (QED) is 0.534. The minimum absolute atomic E-state index is 0.428. The first-order valence-electron chi connectivity index (χ1n) is 7.04. The molecular weight excluding hydrogens is 238 g/mol. The summed E-state index contributed by atoms with van der Waals surface area (Å²) < 4.78 is 0. The van der Waals surface area contributed by atoms with E-state index in [1.54, 1.807) is 0 Å². The van der Waals surface area contributed by atoms with Crippen molar-refractivity contribution in [3.63, 3.8) is 0 Å². The number of aliphatic hydroxyl groups excluding tert-OH is 1. The monoisotopic (exact) mass is 261 g/mol. The second-order valence-electron chi connectivity index (χ2n) is 4.98. The SMILES string of the molecule is CCNC(=NCC(O)Cc1ccccc1)NC1CC1. The van der Waals surface area contributed by atoms with Crippen molar-refractivity contribution in [1.82, 2.24) is 10.6 Å². The summed E-state index contributed by atoms with van der Waals surface area (Å²) in [7, 11) is 0. The van der Waals surface area contributed by atoms with Crippen molar-refractivity contribution >= 4 is 5.96 Å². The summed E-state index contributed by atoms with van der Waals surface area (Å²) in [5.74, 6) is 0.817. The van der Waals surface area contributed by atoms with Crippen LogP contribution in [0.25, 0.3) is 0 Å². The Kier molecular flexibility index (Phi) is 5.21. The van der Waals surface area contributed by atoms with E-state index in [0.717, 1.165) is 18.1 Å². The van der Waals surface area contributed by atoms with E-state index in [0.29, 0.717) is 19.0 Å². The smallest absolute Gasteiger partial charge is 0.191 e. The number of guanidine groups is 1. The van der Waals surface area contributed by atoms with Crippen LogP contribution in [0.4, 0.5) is 0 Å². The largest absolute Gasteiger partial charge is 0.391 e. The van der Waals surface area contributed by atoms with Crippen LogP contribution in [0.15, 0.2) is 35.3 Å². The molecule has 0 aromatic heterocycles. The summed E-state index contributed by atoms with van der Waals surface area (Å²) in [6.45, 7) is 3.31. The fraction of sp³-hybridized carbons (Fsp3) is 0.533. The van der Waals surface area contributed by atoms with Crippen molar-refractivity contribution < 1.29 is 5.11 Å². The van der Waals surface area contributed by atoms with E-state index in [1.807, 2.05) is 37.3 Å². The first-order valence-corrected chi connectivity index (χ1v) is 7.04. The zero-order valence-electron chi connectivity index (χ0n) is 11.5. The predicted molar refractivity (Wildman–Crippen MR) is 78.3 cm³/mol. The van der Waals surface area contributed by atoms with Gasteiger partial charge >= 0.3 is 0 Å². The predicted octanol–water partition coefficient (Wildman–Crippen LogP) is 1.31. The van der Waals surface area contributed by atoms with E-state index in [4.69, 9.17) is 0 Å². The summed E-state index contributed by atoms with van der Waals surface area (Å²) in [5.41, 5.74) is 1.14. The van der Waals surface area contributed by atoms with Crippen LogP contribution < -0.4 is 10.6 Å². The molecule has 2 rings (SSSR count). The second kappa shape index (κ2) is 7.14. The molecule has 0 radical (unpaired) electrons. The number of benzene rings is 1. The highest BCUT2D eigenvalue weighted by Gasteiger charge is 2.22. The molecule has 0 spiro atoms. The molecule has 19 heavy (non-hydrogen) atoms. The molecule has 0 bridgehead atoms. The van der Waals surface area contributed by atoms with Gasteiger partial charge in [0.25, 0.3) is 0 Å². The molecule has 0 heterocycles. The number of nitrogens with one attached hydrogen (secondary N) is 2. The first kappa shape index (κ1) is 13.9. The fourth-order valence-corrected chi connectivity index (χ4v) is 1.89. The molecule has 0 saturated heterocycles. The molecule has 1 fully saturated rings. The van der Waals surface area contributed by atoms with E-state index in [1.165, 1.54) is 12.8 Å². The third-order valence-electron chi connectivity index (χ3n) is 3.04. The van der Waals surface area contributed by atoms with Gasteiger partial charge in [0.05, 0.1) is 12.6 Å².